The number of ketones is 3. The van der Waals surface area contributed by atoms with Crippen molar-refractivity contribution in [3.05, 3.63) is 265 Å². The number of ether oxygens (including phenoxy) is 4. The number of anilines is 3. The largest absolute Gasteiger partial charge is 0.469 e. The number of hydrogen-bond donors (Lipinski definition) is 12. The minimum Gasteiger partial charge on any atom is -0.469 e. The average molecular weight is 1930 g/mol. The minimum atomic E-state index is -1.20. The molecule has 10 aromatic rings. The predicted octanol–water partition coefficient (Wildman–Crippen LogP) is 13.6. The molecule has 0 radical (unpaired) electrons. The van der Waals surface area contributed by atoms with E-state index in [0.717, 1.165) is 86.4 Å². The molecule has 1 aliphatic carbocycles. The summed E-state index contributed by atoms with van der Waals surface area (Å²) >= 11 is 0. The summed E-state index contributed by atoms with van der Waals surface area (Å²) in [5.41, 5.74) is 8.99. The molecule has 142 heavy (non-hydrogen) atoms. The number of para-hydroxylation sites is 3. The molecular weight excluding hydrogens is 1810 g/mol. The molecule has 7 unspecified atom stereocenters. The number of oxazole rings is 3. The molecule has 12 bridgehead atoms. The van der Waals surface area contributed by atoms with E-state index < -0.39 is 119 Å². The first-order valence-corrected chi connectivity index (χ1v) is 49.6. The second kappa shape index (κ2) is 39.2. The third-order valence-corrected chi connectivity index (χ3v) is 29.5. The van der Waals surface area contributed by atoms with Crippen LogP contribution >= 0.6 is 0 Å². The molecule has 0 saturated heterocycles. The van der Waals surface area contributed by atoms with Crippen molar-refractivity contribution in [1.82, 2.24) is 46.9 Å². The maximum Gasteiger partial charge on any atom is 0.328 e. The fourth-order valence-corrected chi connectivity index (χ4v) is 21.9. The van der Waals surface area contributed by atoms with Crippen molar-refractivity contribution >= 4 is 75.8 Å². The summed E-state index contributed by atoms with van der Waals surface area (Å²) in [6, 6.07) is 45.4. The molecule has 7 aromatic carbocycles. The molecule has 6 amide bonds. The first-order chi connectivity index (χ1) is 68.0. The van der Waals surface area contributed by atoms with E-state index in [-0.39, 0.29) is 162 Å². The molecular formula is C110H124N12O20. The molecule has 9 aliphatic heterocycles. The van der Waals surface area contributed by atoms with Crippen LogP contribution in [0.3, 0.4) is 0 Å². The van der Waals surface area contributed by atoms with Gasteiger partial charge in [-0.3, -0.25) is 43.2 Å². The summed E-state index contributed by atoms with van der Waals surface area (Å²) < 4.78 is 44.8. The van der Waals surface area contributed by atoms with Crippen LogP contribution < -0.4 is 62.1 Å². The lowest BCUT2D eigenvalue weighted by atomic mass is 9.72. The molecule has 3 spiro atoms. The molecule has 32 nitrogen and oxygen atoms in total. The van der Waals surface area contributed by atoms with Gasteiger partial charge in [-0.05, 0) is 161 Å². The highest BCUT2D eigenvalue weighted by Gasteiger charge is 2.65. The van der Waals surface area contributed by atoms with E-state index >= 15 is 0 Å². The number of nitrogens with zero attached hydrogens (tertiary/aromatic N) is 3. The first kappa shape index (κ1) is 98.3. The fourth-order valence-electron chi connectivity index (χ4n) is 21.9. The van der Waals surface area contributed by atoms with Crippen LogP contribution in [-0.4, -0.2) is 146 Å². The Morgan fingerprint density at radius 3 is 1.13 bits per heavy atom. The molecule has 744 valence electrons. The van der Waals surface area contributed by atoms with Crippen molar-refractivity contribution in [3.63, 3.8) is 0 Å². The lowest BCUT2D eigenvalue weighted by molar-refractivity contribution is -0.143. The Morgan fingerprint density at radius 2 is 0.782 bits per heavy atom. The zero-order valence-corrected chi connectivity index (χ0v) is 82.4. The number of aliphatic hydroxyl groups excluding tert-OH is 3. The number of hydrogen-bond acceptors (Lipinski definition) is 26. The van der Waals surface area contributed by atoms with Crippen molar-refractivity contribution in [1.29, 1.82) is 0 Å². The SMILES string of the molecule is CC(C)[C@H](O)C(=O)CC1Cc2ccc3c(c2)C2(c4ccccc4N[C@H]2O3)c2oc(nc2C(=O)NC2CCc3ccccc32)[C@H](C(C)C)NC1=O.CCCNC(=O)c1nc2oc1C13c4ccccc4N[C@H]1Oc1ccc(cc13)CC(CC(=O)[C@@H](O)C(C)C)C(=O)N[C@H]2C(C)C.CC[C@H](NC(=O)c1nc2oc1C13c4ccccc4N[C@H]1Oc1ccc(cc13)CC(CC(=O)[C@@H](O)C(C)C)C(=O)N[C@H]2C(C)C)C(=O)OC. The van der Waals surface area contributed by atoms with Crippen LogP contribution in [0.15, 0.2) is 165 Å². The van der Waals surface area contributed by atoms with Gasteiger partial charge in [-0.1, -0.05) is 212 Å². The van der Waals surface area contributed by atoms with Crippen molar-refractivity contribution in [2.24, 2.45) is 53.3 Å². The van der Waals surface area contributed by atoms with Gasteiger partial charge < -0.3 is 95.4 Å². The number of nitrogens with one attached hydrogen (secondary N) is 9. The number of carbonyl (C=O) groups excluding carboxylic acids is 10. The highest BCUT2D eigenvalue weighted by molar-refractivity contribution is 5.99. The van der Waals surface area contributed by atoms with Crippen LogP contribution in [0.1, 0.15) is 287 Å². The van der Waals surface area contributed by atoms with Crippen LogP contribution in [-0.2, 0) is 80.2 Å². The molecule has 12 heterocycles. The van der Waals surface area contributed by atoms with Crippen LogP contribution in [0.2, 0.25) is 0 Å². The van der Waals surface area contributed by atoms with Gasteiger partial charge in [0, 0.05) is 77.3 Å². The third-order valence-electron chi connectivity index (χ3n) is 29.5. The second-order valence-corrected chi connectivity index (χ2v) is 41.1. The minimum absolute atomic E-state index is 0.0522. The Bertz CT molecular complexity index is 6630. The first-order valence-electron chi connectivity index (χ1n) is 49.6. The van der Waals surface area contributed by atoms with Crippen molar-refractivity contribution in [2.75, 3.05) is 29.6 Å². The van der Waals surface area contributed by atoms with E-state index in [1.807, 2.05) is 188 Å². The zero-order chi connectivity index (χ0) is 101. The van der Waals surface area contributed by atoms with Crippen molar-refractivity contribution < 1.29 is 95.5 Å². The second-order valence-electron chi connectivity index (χ2n) is 41.1. The van der Waals surface area contributed by atoms with Gasteiger partial charge in [-0.2, -0.15) is 0 Å². The van der Waals surface area contributed by atoms with Gasteiger partial charge >= 0.3 is 5.97 Å². The Balaban J connectivity index is 0.000000141. The number of benzene rings is 7. The predicted molar refractivity (Wildman–Crippen MR) is 523 cm³/mol. The highest BCUT2D eigenvalue weighted by Crippen LogP contribution is 2.63. The maximum atomic E-state index is 14.6. The number of fused-ring (bicyclic) bond motifs is 13. The lowest BCUT2D eigenvalue weighted by Gasteiger charge is -2.29. The number of esters is 1. The van der Waals surface area contributed by atoms with Crippen LogP contribution in [0.4, 0.5) is 17.1 Å². The summed E-state index contributed by atoms with van der Waals surface area (Å²) in [4.78, 5) is 151. The van der Waals surface area contributed by atoms with Crippen LogP contribution in [0, 0.1) is 53.3 Å². The Kier molecular flexibility index (Phi) is 27.2. The zero-order valence-electron chi connectivity index (χ0n) is 82.4. The summed E-state index contributed by atoms with van der Waals surface area (Å²) in [7, 11) is 1.26. The van der Waals surface area contributed by atoms with Gasteiger partial charge in [0.2, 0.25) is 35.4 Å². The van der Waals surface area contributed by atoms with Gasteiger partial charge in [0.15, 0.2) is 70.4 Å². The molecule has 32 heteroatoms. The molecule has 17 atom stereocenters. The Hall–Kier alpha value is -13.9. The van der Waals surface area contributed by atoms with Gasteiger partial charge in [-0.25, -0.2) is 19.7 Å². The van der Waals surface area contributed by atoms with E-state index in [1.54, 1.807) is 48.5 Å². The quantitative estimate of drug-likeness (QED) is 0.0250. The van der Waals surface area contributed by atoms with E-state index in [9.17, 15) is 63.3 Å². The smallest absolute Gasteiger partial charge is 0.328 e. The number of aryl methyl sites for hydroxylation is 1. The number of Topliss-reactive ketones (excluding diaryl/α,β-unsaturated/α-hetero) is 3. The highest BCUT2D eigenvalue weighted by atomic mass is 16.5. The number of carbonyl (C=O) groups is 10. The van der Waals surface area contributed by atoms with E-state index in [2.05, 4.69) is 60.0 Å². The monoisotopic (exact) mass is 1930 g/mol. The topological polar surface area (TPSA) is 455 Å². The Morgan fingerprint density at radius 1 is 0.437 bits per heavy atom. The lowest BCUT2D eigenvalue weighted by Crippen LogP contribution is -2.44. The number of amides is 6. The van der Waals surface area contributed by atoms with E-state index in [4.69, 9.17) is 47.2 Å². The van der Waals surface area contributed by atoms with Crippen LogP contribution in [0.25, 0.3) is 0 Å². The van der Waals surface area contributed by atoms with Gasteiger partial charge in [0.1, 0.15) is 76.0 Å². The summed E-state index contributed by atoms with van der Waals surface area (Å²) in [5.74, 6) is -4.78. The van der Waals surface area contributed by atoms with E-state index in [0.29, 0.717) is 40.9 Å². The standard InChI is InChI=1S/C40H42N4O6.C36H42N4O8.C34H40N4O6/c1-20(2)32-38-44-33(37(48)41-28-15-14-23-9-5-6-10-25(23)28)35(50-38)40-26-11-7-8-12-29(26)42-39(40)49-31-16-13-22(18-27(31)40)17-24(36(47)43-32)19-30(45)34(46)21(3)4;1-7-23(34(45)46-6)37-32(44)28-30-36-21-10-8-9-11-24(21)38-35(36)47-26-13-12-19(15-22(26)36)14-20(16-25(41)29(42)18(4)5)31(43)39-27(17(2)3)33(40-28)48-30;1-6-13-35-31(42)27-29-34-21-9-7-8-10-23(21)36-33(34)43-25-12-11-19(15-22(25)34)14-20(16-24(39)28(40)18(4)5)30(41)37-26(17(2)3)32(38-27)44-29/h5-13,16,18,20-21,24,28,32,34,39,42,46H,14-15,17,19H2,1-4H3,(H,41,48)(H,43,47);8-13,15,17-18,20,23,27,29,35,38,42H,7,14,16H2,1-6H3,(H,37,44)(H,39,43);7-12,15,17-18,20,26,28,33,36,40H,6,13-14,16H2,1-5H3,(H,35,42)(H,37,41)/t24?,28?,32-,34-,39-,40?;20?,23-,27-,29-,35-,36?;20?,26-,28-,33-,34?/m000/s1. The molecule has 10 aliphatic rings. The molecule has 20 rings (SSSR count). The number of methoxy groups -OCH3 is 1. The fraction of sp³-hybridized carbons (Fsp3) is 0.445. The third kappa shape index (κ3) is 17.3. The molecule has 12 N–H and O–H groups in total. The van der Waals surface area contributed by atoms with Gasteiger partial charge in [-0.15, -0.1) is 0 Å². The van der Waals surface area contributed by atoms with Crippen LogP contribution in [0.5, 0.6) is 17.2 Å². The summed E-state index contributed by atoms with van der Waals surface area (Å²) in [5, 5.41) is 60.4. The van der Waals surface area contributed by atoms with Gasteiger partial charge in [0.05, 0.1) is 13.2 Å². The number of rotatable bonds is 24. The summed E-state index contributed by atoms with van der Waals surface area (Å²) in [6.07, 6.45) is -2.52. The molecule has 0 fully saturated rings. The van der Waals surface area contributed by atoms with Crippen molar-refractivity contribution in [2.45, 2.75) is 245 Å². The van der Waals surface area contributed by atoms with Crippen molar-refractivity contribution in [3.8, 4) is 17.2 Å². The maximum absolute atomic E-state index is 14.6. The average Bonchev–Trinajstić information content (AvgIpc) is 1.53. The number of aliphatic hydroxyl groups is 3. The Labute approximate surface area is 823 Å². The number of aromatic nitrogens is 3. The molecule has 3 aromatic heterocycles. The normalized spacial score (nSPS) is 24.1. The van der Waals surface area contributed by atoms with E-state index in [1.165, 1.54) is 12.7 Å². The molecule has 0 saturated carbocycles. The van der Waals surface area contributed by atoms with Gasteiger partial charge in [0.25, 0.3) is 17.7 Å². The summed E-state index contributed by atoms with van der Waals surface area (Å²) in [6.45, 7) is 26.4.